The van der Waals surface area contributed by atoms with Crippen LogP contribution < -0.4 is 10.5 Å². The van der Waals surface area contributed by atoms with Crippen LogP contribution in [0.4, 0.5) is 4.39 Å². The maximum atomic E-state index is 13.8. The summed E-state index contributed by atoms with van der Waals surface area (Å²) < 4.78 is 19.6. The second-order valence-corrected chi connectivity index (χ2v) is 4.68. The average molecular weight is 259 g/mol. The molecular weight excluding hydrogens is 241 g/mol. The third-order valence-electron chi connectivity index (χ3n) is 2.89. The van der Waals surface area contributed by atoms with Crippen LogP contribution in [0.25, 0.3) is 0 Å². The van der Waals surface area contributed by atoms with Crippen LogP contribution in [0.3, 0.4) is 0 Å². The second kappa shape index (κ2) is 5.85. The van der Waals surface area contributed by atoms with Gasteiger partial charge in [0.1, 0.15) is 17.3 Å². The van der Waals surface area contributed by atoms with Crippen LogP contribution in [0.1, 0.15) is 16.7 Å². The topological polar surface area (TPSA) is 35.2 Å². The van der Waals surface area contributed by atoms with Crippen molar-refractivity contribution in [3.8, 4) is 11.5 Å². The zero-order chi connectivity index (χ0) is 13.8. The van der Waals surface area contributed by atoms with E-state index in [0.717, 1.165) is 16.9 Å². The highest BCUT2D eigenvalue weighted by Gasteiger charge is 2.10. The molecule has 2 aromatic rings. The number of nitrogens with two attached hydrogens (primary N) is 1. The predicted molar refractivity (Wildman–Crippen MR) is 75.1 cm³/mol. The van der Waals surface area contributed by atoms with Gasteiger partial charge in [0.15, 0.2) is 0 Å². The minimum Gasteiger partial charge on any atom is -0.457 e. The van der Waals surface area contributed by atoms with Gasteiger partial charge >= 0.3 is 0 Å². The van der Waals surface area contributed by atoms with Crippen molar-refractivity contribution in [3.63, 3.8) is 0 Å². The van der Waals surface area contributed by atoms with Crippen LogP contribution in [0.15, 0.2) is 36.4 Å². The monoisotopic (exact) mass is 259 g/mol. The van der Waals surface area contributed by atoms with E-state index in [-0.39, 0.29) is 5.82 Å². The van der Waals surface area contributed by atoms with Gasteiger partial charge in [-0.25, -0.2) is 4.39 Å². The second-order valence-electron chi connectivity index (χ2n) is 4.68. The predicted octanol–water partition coefficient (Wildman–Crippen LogP) is 3.74. The Morgan fingerprint density at radius 2 is 1.79 bits per heavy atom. The number of rotatable bonds is 4. The molecule has 2 N–H and O–H groups in total. The summed E-state index contributed by atoms with van der Waals surface area (Å²) in [5.74, 6) is 0.990. The molecule has 0 aliphatic carbocycles. The van der Waals surface area contributed by atoms with E-state index in [0.29, 0.717) is 24.3 Å². The molecule has 100 valence electrons. The quantitative estimate of drug-likeness (QED) is 0.907. The minimum atomic E-state index is -0.271. The van der Waals surface area contributed by atoms with Crippen molar-refractivity contribution in [2.45, 2.75) is 20.3 Å². The van der Waals surface area contributed by atoms with Gasteiger partial charge in [0, 0.05) is 5.56 Å². The van der Waals surface area contributed by atoms with E-state index >= 15 is 0 Å². The summed E-state index contributed by atoms with van der Waals surface area (Å²) in [5.41, 5.74) is 8.28. The molecule has 0 bridgehead atoms. The Hall–Kier alpha value is -1.87. The smallest absolute Gasteiger partial charge is 0.133 e. The maximum absolute atomic E-state index is 13.8. The first-order valence-electron chi connectivity index (χ1n) is 6.34. The zero-order valence-corrected chi connectivity index (χ0v) is 11.2. The van der Waals surface area contributed by atoms with Crippen LogP contribution in [-0.4, -0.2) is 6.54 Å². The van der Waals surface area contributed by atoms with E-state index in [9.17, 15) is 4.39 Å². The average Bonchev–Trinajstić information content (AvgIpc) is 2.32. The molecule has 0 spiro atoms. The van der Waals surface area contributed by atoms with E-state index in [4.69, 9.17) is 10.5 Å². The molecule has 0 aromatic heterocycles. The highest BCUT2D eigenvalue weighted by atomic mass is 19.1. The van der Waals surface area contributed by atoms with E-state index in [1.807, 2.05) is 26.0 Å². The van der Waals surface area contributed by atoms with E-state index in [2.05, 4.69) is 6.07 Å². The van der Waals surface area contributed by atoms with Crippen molar-refractivity contribution in [2.24, 2.45) is 5.73 Å². The van der Waals surface area contributed by atoms with Crippen LogP contribution in [0, 0.1) is 19.7 Å². The fraction of sp³-hybridized carbons (Fsp3) is 0.250. The first-order chi connectivity index (χ1) is 9.10. The van der Waals surface area contributed by atoms with Gasteiger partial charge in [-0.3, -0.25) is 0 Å². The van der Waals surface area contributed by atoms with Gasteiger partial charge in [0.2, 0.25) is 0 Å². The summed E-state index contributed by atoms with van der Waals surface area (Å²) >= 11 is 0. The molecule has 0 saturated carbocycles. The molecule has 0 unspecified atom stereocenters. The lowest BCUT2D eigenvalue weighted by atomic mass is 10.1. The highest BCUT2D eigenvalue weighted by Crippen LogP contribution is 2.28. The molecule has 0 amide bonds. The normalized spacial score (nSPS) is 10.5. The Kier molecular flexibility index (Phi) is 4.17. The summed E-state index contributed by atoms with van der Waals surface area (Å²) in [6.07, 6.45) is 0.465. The Balaban J connectivity index is 2.34. The molecule has 0 radical (unpaired) electrons. The van der Waals surface area contributed by atoms with Crippen molar-refractivity contribution in [1.29, 1.82) is 0 Å². The Morgan fingerprint density at radius 1 is 1.11 bits per heavy atom. The molecule has 0 atom stereocenters. The van der Waals surface area contributed by atoms with Crippen molar-refractivity contribution in [1.82, 2.24) is 0 Å². The zero-order valence-electron chi connectivity index (χ0n) is 11.2. The summed E-state index contributed by atoms with van der Waals surface area (Å²) in [4.78, 5) is 0. The maximum Gasteiger partial charge on any atom is 0.133 e. The van der Waals surface area contributed by atoms with E-state index < -0.39 is 0 Å². The fourth-order valence-electron chi connectivity index (χ4n) is 2.14. The first-order valence-corrected chi connectivity index (χ1v) is 6.34. The van der Waals surface area contributed by atoms with E-state index in [1.54, 1.807) is 12.1 Å². The van der Waals surface area contributed by atoms with Gasteiger partial charge < -0.3 is 10.5 Å². The molecule has 19 heavy (non-hydrogen) atoms. The Labute approximate surface area is 113 Å². The van der Waals surface area contributed by atoms with Gasteiger partial charge in [-0.2, -0.15) is 0 Å². The fourth-order valence-corrected chi connectivity index (χ4v) is 2.14. The molecule has 0 aliphatic rings. The minimum absolute atomic E-state index is 0.271. The molecule has 0 saturated heterocycles. The lowest BCUT2D eigenvalue weighted by Crippen LogP contribution is -2.06. The van der Waals surface area contributed by atoms with E-state index in [1.165, 1.54) is 6.07 Å². The van der Waals surface area contributed by atoms with Gasteiger partial charge in [-0.05, 0) is 62.2 Å². The largest absolute Gasteiger partial charge is 0.457 e. The van der Waals surface area contributed by atoms with Crippen molar-refractivity contribution in [2.75, 3.05) is 6.54 Å². The van der Waals surface area contributed by atoms with Crippen LogP contribution in [0.5, 0.6) is 11.5 Å². The van der Waals surface area contributed by atoms with Crippen molar-refractivity contribution in [3.05, 3.63) is 58.9 Å². The van der Waals surface area contributed by atoms with Crippen molar-refractivity contribution >= 4 is 0 Å². The van der Waals surface area contributed by atoms with Gasteiger partial charge in [0.05, 0.1) is 0 Å². The lowest BCUT2D eigenvalue weighted by Gasteiger charge is -2.12. The number of aryl methyl sites for hydroxylation is 2. The third kappa shape index (κ3) is 3.32. The third-order valence-corrected chi connectivity index (χ3v) is 2.89. The molecule has 3 heteroatoms. The van der Waals surface area contributed by atoms with Gasteiger partial charge in [0.25, 0.3) is 0 Å². The standard InChI is InChI=1S/C16H18FNO/c1-11-8-12(2)10-13(9-11)19-16-5-3-4-15(17)14(16)6-7-18/h3-5,8-10H,6-7,18H2,1-2H3. The summed E-state index contributed by atoms with van der Waals surface area (Å²) in [7, 11) is 0. The molecule has 2 nitrogen and oxygen atoms in total. The number of hydrogen-bond acceptors (Lipinski definition) is 2. The molecule has 0 fully saturated rings. The van der Waals surface area contributed by atoms with Crippen LogP contribution in [0.2, 0.25) is 0 Å². The molecule has 2 aromatic carbocycles. The van der Waals surface area contributed by atoms with Gasteiger partial charge in [-0.15, -0.1) is 0 Å². The van der Waals surface area contributed by atoms with Crippen molar-refractivity contribution < 1.29 is 9.13 Å². The molecule has 2 rings (SSSR count). The first kappa shape index (κ1) is 13.6. The van der Waals surface area contributed by atoms with Crippen LogP contribution in [-0.2, 0) is 6.42 Å². The molecule has 0 heterocycles. The Morgan fingerprint density at radius 3 is 2.42 bits per heavy atom. The number of benzene rings is 2. The lowest BCUT2D eigenvalue weighted by molar-refractivity contribution is 0.466. The number of hydrogen-bond donors (Lipinski definition) is 1. The summed E-state index contributed by atoms with van der Waals surface area (Å²) in [5, 5.41) is 0. The molecular formula is C16H18FNO. The summed E-state index contributed by atoms with van der Waals surface area (Å²) in [6.45, 7) is 4.41. The highest BCUT2D eigenvalue weighted by molar-refractivity contribution is 5.41. The van der Waals surface area contributed by atoms with Gasteiger partial charge in [-0.1, -0.05) is 12.1 Å². The summed E-state index contributed by atoms with van der Waals surface area (Å²) in [6, 6.07) is 10.8. The Bertz CT molecular complexity index is 561. The number of ether oxygens (including phenoxy) is 1. The SMILES string of the molecule is Cc1cc(C)cc(Oc2cccc(F)c2CCN)c1. The number of halogens is 1. The van der Waals surface area contributed by atoms with Crippen LogP contribution >= 0.6 is 0 Å². The molecule has 0 aliphatic heterocycles.